The lowest BCUT2D eigenvalue weighted by atomic mass is 10.1. The van der Waals surface area contributed by atoms with E-state index in [0.717, 1.165) is 18.1 Å². The molecule has 3 rings (SSSR count). The quantitative estimate of drug-likeness (QED) is 0.817. The SMILES string of the molecule is CN(C)c1ccc(C(=O)N2CCn3cnnc3C2)cc1N. The summed E-state index contributed by atoms with van der Waals surface area (Å²) in [5.41, 5.74) is 8.12. The average Bonchev–Trinajstić information content (AvgIpc) is 2.93. The fourth-order valence-electron chi connectivity index (χ4n) is 2.52. The van der Waals surface area contributed by atoms with Crippen LogP contribution in [0.3, 0.4) is 0 Å². The minimum Gasteiger partial charge on any atom is -0.397 e. The molecule has 0 spiro atoms. The van der Waals surface area contributed by atoms with Gasteiger partial charge in [0.15, 0.2) is 5.82 Å². The Morgan fingerprint density at radius 3 is 2.86 bits per heavy atom. The van der Waals surface area contributed by atoms with Crippen LogP contribution in [0.5, 0.6) is 0 Å². The summed E-state index contributed by atoms with van der Waals surface area (Å²) in [5.74, 6) is 0.786. The van der Waals surface area contributed by atoms with E-state index in [-0.39, 0.29) is 5.91 Å². The summed E-state index contributed by atoms with van der Waals surface area (Å²) in [5, 5.41) is 7.89. The van der Waals surface area contributed by atoms with Gasteiger partial charge in [-0.15, -0.1) is 10.2 Å². The van der Waals surface area contributed by atoms with Crippen LogP contribution in [0.25, 0.3) is 0 Å². The van der Waals surface area contributed by atoms with E-state index in [9.17, 15) is 4.79 Å². The summed E-state index contributed by atoms with van der Waals surface area (Å²) in [6, 6.07) is 5.42. The van der Waals surface area contributed by atoms with Crippen LogP contribution < -0.4 is 10.6 Å². The lowest BCUT2D eigenvalue weighted by Gasteiger charge is -2.27. The highest BCUT2D eigenvalue weighted by Crippen LogP contribution is 2.23. The molecule has 2 heterocycles. The number of hydrogen-bond donors (Lipinski definition) is 1. The van der Waals surface area contributed by atoms with Gasteiger partial charge in [0.05, 0.1) is 17.9 Å². The standard InChI is InChI=1S/C14H18N6O/c1-18(2)12-4-3-10(7-11(12)15)14(21)19-5-6-20-9-16-17-13(20)8-19/h3-4,7,9H,5-6,8,15H2,1-2H3. The van der Waals surface area contributed by atoms with Gasteiger partial charge < -0.3 is 20.1 Å². The van der Waals surface area contributed by atoms with Gasteiger partial charge >= 0.3 is 0 Å². The molecule has 2 aromatic rings. The minimum atomic E-state index is -0.0266. The van der Waals surface area contributed by atoms with Gasteiger partial charge in [-0.2, -0.15) is 0 Å². The number of carbonyl (C=O) groups excluding carboxylic acids is 1. The van der Waals surface area contributed by atoms with E-state index in [4.69, 9.17) is 5.73 Å². The number of nitrogens with two attached hydrogens (primary N) is 1. The second-order valence-electron chi connectivity index (χ2n) is 5.34. The molecule has 0 bridgehead atoms. The first-order valence-electron chi connectivity index (χ1n) is 6.79. The maximum atomic E-state index is 12.6. The largest absolute Gasteiger partial charge is 0.397 e. The minimum absolute atomic E-state index is 0.0266. The van der Waals surface area contributed by atoms with Crippen LogP contribution >= 0.6 is 0 Å². The second kappa shape index (κ2) is 5.08. The third kappa shape index (κ3) is 2.42. The van der Waals surface area contributed by atoms with E-state index in [2.05, 4.69) is 10.2 Å². The van der Waals surface area contributed by atoms with Crippen LogP contribution in [0.4, 0.5) is 11.4 Å². The van der Waals surface area contributed by atoms with E-state index in [1.54, 1.807) is 17.3 Å². The van der Waals surface area contributed by atoms with Gasteiger partial charge in [-0.3, -0.25) is 4.79 Å². The van der Waals surface area contributed by atoms with Crippen molar-refractivity contribution in [2.45, 2.75) is 13.1 Å². The Kier molecular flexibility index (Phi) is 3.25. The highest BCUT2D eigenvalue weighted by Gasteiger charge is 2.23. The summed E-state index contributed by atoms with van der Waals surface area (Å²) in [6.07, 6.45) is 1.70. The third-order valence-electron chi connectivity index (χ3n) is 3.68. The summed E-state index contributed by atoms with van der Waals surface area (Å²) in [6.45, 7) is 1.85. The number of amides is 1. The van der Waals surface area contributed by atoms with Crippen molar-refractivity contribution in [3.63, 3.8) is 0 Å². The van der Waals surface area contributed by atoms with Crippen LogP contribution in [0.2, 0.25) is 0 Å². The lowest BCUT2D eigenvalue weighted by Crippen LogP contribution is -2.38. The smallest absolute Gasteiger partial charge is 0.254 e. The van der Waals surface area contributed by atoms with Crippen LogP contribution in [0.1, 0.15) is 16.2 Å². The normalized spacial score (nSPS) is 13.9. The molecular weight excluding hydrogens is 268 g/mol. The molecule has 1 aliphatic rings. The number of anilines is 2. The topological polar surface area (TPSA) is 80.3 Å². The fourth-order valence-corrected chi connectivity index (χ4v) is 2.52. The monoisotopic (exact) mass is 286 g/mol. The van der Waals surface area contributed by atoms with Crippen molar-refractivity contribution in [1.29, 1.82) is 0 Å². The van der Waals surface area contributed by atoms with Crippen molar-refractivity contribution < 1.29 is 4.79 Å². The molecule has 0 fully saturated rings. The first kappa shape index (κ1) is 13.4. The van der Waals surface area contributed by atoms with Gasteiger partial charge in [0.25, 0.3) is 5.91 Å². The van der Waals surface area contributed by atoms with Crippen molar-refractivity contribution in [3.05, 3.63) is 35.9 Å². The van der Waals surface area contributed by atoms with Gasteiger partial charge in [-0.05, 0) is 18.2 Å². The number of nitrogen functional groups attached to an aromatic ring is 1. The zero-order valence-corrected chi connectivity index (χ0v) is 12.2. The Hall–Kier alpha value is -2.57. The highest BCUT2D eigenvalue weighted by atomic mass is 16.2. The van der Waals surface area contributed by atoms with Crippen molar-refractivity contribution in [1.82, 2.24) is 19.7 Å². The molecule has 7 heteroatoms. The van der Waals surface area contributed by atoms with Gasteiger partial charge in [0.1, 0.15) is 6.33 Å². The zero-order chi connectivity index (χ0) is 15.0. The van der Waals surface area contributed by atoms with Gasteiger partial charge in [-0.25, -0.2) is 0 Å². The number of hydrogen-bond acceptors (Lipinski definition) is 5. The highest BCUT2D eigenvalue weighted by molar-refractivity contribution is 5.96. The number of nitrogens with zero attached hydrogens (tertiary/aromatic N) is 5. The molecule has 0 saturated heterocycles. The lowest BCUT2D eigenvalue weighted by molar-refractivity contribution is 0.0707. The molecule has 21 heavy (non-hydrogen) atoms. The number of aromatic nitrogens is 3. The first-order valence-corrected chi connectivity index (χ1v) is 6.79. The molecule has 2 N–H and O–H groups in total. The second-order valence-corrected chi connectivity index (χ2v) is 5.34. The molecule has 110 valence electrons. The third-order valence-corrected chi connectivity index (χ3v) is 3.68. The molecular formula is C14H18N6O. The Morgan fingerprint density at radius 1 is 1.33 bits per heavy atom. The van der Waals surface area contributed by atoms with Crippen molar-refractivity contribution in [2.24, 2.45) is 0 Å². The molecule has 0 unspecified atom stereocenters. The number of benzene rings is 1. The molecule has 0 radical (unpaired) electrons. The van der Waals surface area contributed by atoms with E-state index >= 15 is 0 Å². The summed E-state index contributed by atoms with van der Waals surface area (Å²) in [4.78, 5) is 16.3. The fraction of sp³-hybridized carbons (Fsp3) is 0.357. The first-order chi connectivity index (χ1) is 10.1. The average molecular weight is 286 g/mol. The number of carbonyl (C=O) groups is 1. The van der Waals surface area contributed by atoms with Crippen molar-refractivity contribution in [3.8, 4) is 0 Å². The van der Waals surface area contributed by atoms with Gasteiger partial charge in [-0.1, -0.05) is 0 Å². The Labute approximate surface area is 123 Å². The van der Waals surface area contributed by atoms with Gasteiger partial charge in [0.2, 0.25) is 0 Å². The van der Waals surface area contributed by atoms with E-state index in [1.165, 1.54) is 0 Å². The molecule has 0 saturated carbocycles. The Balaban J connectivity index is 1.82. The van der Waals surface area contributed by atoms with Crippen molar-refractivity contribution >= 4 is 17.3 Å². The van der Waals surface area contributed by atoms with E-state index in [0.29, 0.717) is 24.3 Å². The summed E-state index contributed by atoms with van der Waals surface area (Å²) < 4.78 is 1.97. The summed E-state index contributed by atoms with van der Waals surface area (Å²) in [7, 11) is 3.84. The maximum Gasteiger partial charge on any atom is 0.254 e. The van der Waals surface area contributed by atoms with Gasteiger partial charge in [0, 0.05) is 32.7 Å². The van der Waals surface area contributed by atoms with E-state index < -0.39 is 0 Å². The number of fused-ring (bicyclic) bond motifs is 1. The van der Waals surface area contributed by atoms with Crippen molar-refractivity contribution in [2.75, 3.05) is 31.3 Å². The molecule has 1 amide bonds. The molecule has 0 aliphatic carbocycles. The molecule has 0 atom stereocenters. The Morgan fingerprint density at radius 2 is 2.14 bits per heavy atom. The molecule has 1 aromatic carbocycles. The Bertz CT molecular complexity index is 678. The molecule has 1 aliphatic heterocycles. The van der Waals surface area contributed by atoms with Crippen LogP contribution in [0, 0.1) is 0 Å². The maximum absolute atomic E-state index is 12.6. The predicted molar refractivity (Wildman–Crippen MR) is 79.9 cm³/mol. The zero-order valence-electron chi connectivity index (χ0n) is 12.2. The summed E-state index contributed by atoms with van der Waals surface area (Å²) >= 11 is 0. The predicted octanol–water partition coefficient (Wildman–Crippen LogP) is 0.582. The number of rotatable bonds is 2. The van der Waals surface area contributed by atoms with Crippen LogP contribution in [0.15, 0.2) is 24.5 Å². The van der Waals surface area contributed by atoms with Crippen LogP contribution in [-0.4, -0.2) is 46.2 Å². The molecule has 1 aromatic heterocycles. The van der Waals surface area contributed by atoms with E-state index in [1.807, 2.05) is 35.7 Å². The van der Waals surface area contributed by atoms with Crippen LogP contribution in [-0.2, 0) is 13.1 Å². The molecule has 7 nitrogen and oxygen atoms in total.